The molecule has 5 rings (SSSR count). The van der Waals surface area contributed by atoms with Crippen molar-refractivity contribution >= 4 is 29.4 Å². The van der Waals surface area contributed by atoms with E-state index in [2.05, 4.69) is 39.3 Å². The number of aryl methyl sites for hydroxylation is 1. The number of urea groups is 1. The number of methoxy groups -OCH3 is 1. The number of benzene rings is 3. The molecule has 1 fully saturated rings. The summed E-state index contributed by atoms with van der Waals surface area (Å²) in [5, 5.41) is 10.4. The maximum absolute atomic E-state index is 13.0. The van der Waals surface area contributed by atoms with Crippen LogP contribution in [0.2, 0.25) is 0 Å². The molecule has 0 aliphatic carbocycles. The second-order valence-corrected chi connectivity index (χ2v) is 12.4. The summed E-state index contributed by atoms with van der Waals surface area (Å²) >= 11 is 1.36. The van der Waals surface area contributed by atoms with Gasteiger partial charge in [0.15, 0.2) is 11.3 Å². The molecule has 4 aromatic rings. The molecule has 2 heterocycles. The smallest absolute Gasteiger partial charge is 0.497 e. The molecule has 1 aliphatic heterocycles. The summed E-state index contributed by atoms with van der Waals surface area (Å²) in [6, 6.07) is 18.2. The number of thioether (sulfide) groups is 1. The maximum atomic E-state index is 13.0. The molecule has 0 bridgehead atoms. The van der Waals surface area contributed by atoms with Gasteiger partial charge in [-0.2, -0.15) is 0 Å². The highest BCUT2D eigenvalue weighted by Gasteiger charge is 2.36. The minimum Gasteiger partial charge on any atom is -0.497 e. The van der Waals surface area contributed by atoms with Crippen LogP contribution in [0.4, 0.5) is 23.7 Å². The van der Waals surface area contributed by atoms with Gasteiger partial charge in [0.25, 0.3) is 0 Å². The quantitative estimate of drug-likeness (QED) is 0.184. The summed E-state index contributed by atoms with van der Waals surface area (Å²) in [6.07, 6.45) is -1.88. The van der Waals surface area contributed by atoms with Gasteiger partial charge < -0.3 is 20.1 Å². The number of anilines is 1. The number of carbonyl (C=O) groups excluding carboxylic acids is 2. The molecule has 3 aromatic carbocycles. The molecular weight excluding hydrogens is 633 g/mol. The zero-order valence-corrected chi connectivity index (χ0v) is 27.1. The standard InChI is InChI=1S/C33H35F3N6O4S/c1-20(2)27-16-15-26(45-4)17-28(27)42-29(43)18-47-32(42)39-31(44)38-21(3)5-6-22-7-9-23(10-8-22)30-37-19-41(40-30)24-11-13-25(14-12-24)46-33(34,35)36/h7-17,19-21,32H,5-6,18H2,1-4H3,(H2,38,39,44). The van der Waals surface area contributed by atoms with Gasteiger partial charge in [0.05, 0.1) is 24.2 Å². The van der Waals surface area contributed by atoms with E-state index in [4.69, 9.17) is 4.74 Å². The number of nitrogens with one attached hydrogen (secondary N) is 2. The van der Waals surface area contributed by atoms with Crippen LogP contribution in [0.25, 0.3) is 17.1 Å². The van der Waals surface area contributed by atoms with Crippen LogP contribution in [0.15, 0.2) is 73.1 Å². The van der Waals surface area contributed by atoms with Gasteiger partial charge in [-0.05, 0) is 67.1 Å². The fourth-order valence-corrected chi connectivity index (χ4v) is 6.12. The first kappa shape index (κ1) is 33.6. The van der Waals surface area contributed by atoms with E-state index in [0.717, 1.165) is 22.4 Å². The minimum absolute atomic E-state index is 0.0810. The Morgan fingerprint density at radius 2 is 1.74 bits per heavy atom. The SMILES string of the molecule is COc1ccc(C(C)C)c(N2C(=O)CSC2NC(=O)NC(C)CCc2ccc(-c3ncn(-c4ccc(OC(F)(F)F)cc4)n3)cc2)c1. The van der Waals surface area contributed by atoms with Gasteiger partial charge in [-0.1, -0.05) is 44.2 Å². The topological polar surface area (TPSA) is 111 Å². The van der Waals surface area contributed by atoms with Gasteiger partial charge in [0.1, 0.15) is 17.8 Å². The molecule has 2 unspecified atom stereocenters. The van der Waals surface area contributed by atoms with E-state index < -0.39 is 11.9 Å². The van der Waals surface area contributed by atoms with Crippen LogP contribution in [0.5, 0.6) is 11.5 Å². The van der Waals surface area contributed by atoms with E-state index >= 15 is 0 Å². The molecule has 1 aliphatic rings. The van der Waals surface area contributed by atoms with Gasteiger partial charge in [-0.3, -0.25) is 9.69 Å². The lowest BCUT2D eigenvalue weighted by atomic mass is 10.00. The third kappa shape index (κ3) is 8.56. The molecule has 248 valence electrons. The van der Waals surface area contributed by atoms with Gasteiger partial charge in [0.2, 0.25) is 5.91 Å². The number of rotatable bonds is 11. The average Bonchev–Trinajstić information content (AvgIpc) is 3.66. The third-order valence-electron chi connectivity index (χ3n) is 7.52. The van der Waals surface area contributed by atoms with Gasteiger partial charge >= 0.3 is 12.4 Å². The lowest BCUT2D eigenvalue weighted by molar-refractivity contribution is -0.274. The lowest BCUT2D eigenvalue weighted by Crippen LogP contribution is -2.50. The van der Waals surface area contributed by atoms with E-state index in [9.17, 15) is 22.8 Å². The first-order valence-corrected chi connectivity index (χ1v) is 16.0. The third-order valence-corrected chi connectivity index (χ3v) is 8.58. The molecule has 14 heteroatoms. The molecule has 2 atom stereocenters. The molecule has 2 N–H and O–H groups in total. The average molecular weight is 669 g/mol. The monoisotopic (exact) mass is 668 g/mol. The Balaban J connectivity index is 1.13. The molecule has 0 radical (unpaired) electrons. The van der Waals surface area contributed by atoms with Crippen LogP contribution in [0.3, 0.4) is 0 Å². The van der Waals surface area contributed by atoms with Crippen LogP contribution in [-0.4, -0.2) is 57.5 Å². The number of aromatic nitrogens is 3. The highest BCUT2D eigenvalue weighted by Crippen LogP contribution is 2.37. The molecule has 1 saturated heterocycles. The van der Waals surface area contributed by atoms with Gasteiger partial charge in [-0.15, -0.1) is 30.0 Å². The Bertz CT molecular complexity index is 1700. The van der Waals surface area contributed by atoms with E-state index in [1.165, 1.54) is 47.0 Å². The Morgan fingerprint density at radius 1 is 1.04 bits per heavy atom. The minimum atomic E-state index is -4.76. The lowest BCUT2D eigenvalue weighted by Gasteiger charge is -2.28. The normalized spacial score (nSPS) is 15.5. The van der Waals surface area contributed by atoms with Crippen LogP contribution < -0.4 is 25.0 Å². The largest absolute Gasteiger partial charge is 0.573 e. The van der Waals surface area contributed by atoms with Crippen molar-refractivity contribution in [3.63, 3.8) is 0 Å². The van der Waals surface area contributed by atoms with Crippen molar-refractivity contribution in [3.05, 3.63) is 84.2 Å². The number of hydrogen-bond donors (Lipinski definition) is 2. The second kappa shape index (κ2) is 14.4. The number of amides is 3. The van der Waals surface area contributed by atoms with Gasteiger partial charge in [-0.25, -0.2) is 14.5 Å². The molecule has 10 nitrogen and oxygen atoms in total. The summed E-state index contributed by atoms with van der Waals surface area (Å²) in [4.78, 5) is 31.8. The fraction of sp³-hybridized carbons (Fsp3) is 0.333. The summed E-state index contributed by atoms with van der Waals surface area (Å²) in [5.74, 6) is 1.13. The first-order chi connectivity index (χ1) is 22.4. The van der Waals surface area contributed by atoms with E-state index in [-0.39, 0.29) is 35.4 Å². The highest BCUT2D eigenvalue weighted by molar-refractivity contribution is 8.01. The molecule has 0 spiro atoms. The molecule has 47 heavy (non-hydrogen) atoms. The summed E-state index contributed by atoms with van der Waals surface area (Å²) < 4.78 is 48.1. The van der Waals surface area contributed by atoms with E-state index in [1.807, 2.05) is 49.4 Å². The van der Waals surface area contributed by atoms with Crippen molar-refractivity contribution in [2.24, 2.45) is 0 Å². The number of hydrogen-bond acceptors (Lipinski definition) is 7. The number of alkyl halides is 3. The number of halogens is 3. The predicted molar refractivity (Wildman–Crippen MR) is 174 cm³/mol. The summed E-state index contributed by atoms with van der Waals surface area (Å²) in [7, 11) is 1.58. The fourth-order valence-electron chi connectivity index (χ4n) is 5.11. The van der Waals surface area contributed by atoms with Crippen LogP contribution in [0.1, 0.15) is 44.2 Å². The second-order valence-electron chi connectivity index (χ2n) is 11.3. The van der Waals surface area contributed by atoms with Crippen molar-refractivity contribution in [2.45, 2.75) is 57.4 Å². The Labute approximate surface area is 274 Å². The van der Waals surface area contributed by atoms with Crippen molar-refractivity contribution in [3.8, 4) is 28.6 Å². The molecule has 0 saturated carbocycles. The molecule has 3 amide bonds. The van der Waals surface area contributed by atoms with E-state index in [0.29, 0.717) is 30.1 Å². The Morgan fingerprint density at radius 3 is 2.40 bits per heavy atom. The number of ether oxygens (including phenoxy) is 2. The van der Waals surface area contributed by atoms with Gasteiger partial charge in [0, 0.05) is 17.7 Å². The summed E-state index contributed by atoms with van der Waals surface area (Å²) in [6.45, 7) is 6.04. The van der Waals surface area contributed by atoms with Crippen LogP contribution in [0, 0.1) is 0 Å². The van der Waals surface area contributed by atoms with E-state index in [1.54, 1.807) is 12.0 Å². The van der Waals surface area contributed by atoms with Crippen molar-refractivity contribution in [2.75, 3.05) is 17.8 Å². The highest BCUT2D eigenvalue weighted by atomic mass is 32.2. The zero-order valence-electron chi connectivity index (χ0n) is 26.2. The van der Waals surface area contributed by atoms with Crippen LogP contribution in [-0.2, 0) is 11.2 Å². The Kier molecular flexibility index (Phi) is 10.3. The number of carbonyl (C=O) groups is 2. The Hall–Kier alpha value is -4.72. The maximum Gasteiger partial charge on any atom is 0.573 e. The first-order valence-electron chi connectivity index (χ1n) is 15.0. The molecule has 1 aromatic heterocycles. The van der Waals surface area contributed by atoms with Crippen LogP contribution >= 0.6 is 11.8 Å². The predicted octanol–water partition coefficient (Wildman–Crippen LogP) is 6.65. The van der Waals surface area contributed by atoms with Crippen molar-refractivity contribution < 1.29 is 32.2 Å². The van der Waals surface area contributed by atoms with Crippen molar-refractivity contribution in [1.82, 2.24) is 25.4 Å². The van der Waals surface area contributed by atoms with Crippen molar-refractivity contribution in [1.29, 1.82) is 0 Å². The summed E-state index contributed by atoms with van der Waals surface area (Å²) in [5.41, 5.74) is 3.54. The zero-order chi connectivity index (χ0) is 33.7. The number of nitrogens with zero attached hydrogens (tertiary/aromatic N) is 4. The molecular formula is C33H35F3N6O4S.